The lowest BCUT2D eigenvalue weighted by atomic mass is 10.1. The minimum Gasteiger partial charge on any atom is -0.455 e. The van der Waals surface area contributed by atoms with E-state index < -0.39 is 30.2 Å². The predicted octanol–water partition coefficient (Wildman–Crippen LogP) is 3.29. The second kappa shape index (κ2) is 8.43. The van der Waals surface area contributed by atoms with E-state index in [9.17, 15) is 18.8 Å². The van der Waals surface area contributed by atoms with Crippen molar-refractivity contribution in [2.75, 3.05) is 23.4 Å². The van der Waals surface area contributed by atoms with Crippen LogP contribution in [0, 0.1) is 32.5 Å². The molecule has 2 aromatic rings. The third kappa shape index (κ3) is 4.62. The minimum atomic E-state index is -0.738. The van der Waals surface area contributed by atoms with Gasteiger partial charge in [0.25, 0.3) is 5.91 Å². The largest absolute Gasteiger partial charge is 0.455 e. The number of ether oxygens (including phenoxy) is 1. The molecule has 0 saturated carbocycles. The molecule has 1 atom stereocenters. The molecule has 0 spiro atoms. The molecule has 29 heavy (non-hydrogen) atoms. The normalized spacial score (nSPS) is 16.1. The van der Waals surface area contributed by atoms with Crippen molar-refractivity contribution in [1.82, 2.24) is 0 Å². The average Bonchev–Trinajstić information content (AvgIpc) is 3.04. The van der Waals surface area contributed by atoms with Gasteiger partial charge in [-0.15, -0.1) is 0 Å². The van der Waals surface area contributed by atoms with Crippen molar-refractivity contribution in [3.05, 3.63) is 58.9 Å². The van der Waals surface area contributed by atoms with E-state index in [0.29, 0.717) is 5.69 Å². The molecule has 0 aromatic heterocycles. The molecule has 0 aliphatic carbocycles. The molecule has 7 heteroatoms. The molecule has 3 rings (SSSR count). The van der Waals surface area contributed by atoms with Gasteiger partial charge in [-0.1, -0.05) is 29.8 Å². The summed E-state index contributed by atoms with van der Waals surface area (Å²) in [5, 5.41) is 2.76. The lowest BCUT2D eigenvalue weighted by Crippen LogP contribution is -2.28. The fourth-order valence-electron chi connectivity index (χ4n) is 3.58. The summed E-state index contributed by atoms with van der Waals surface area (Å²) in [6.07, 6.45) is -0.0784. The summed E-state index contributed by atoms with van der Waals surface area (Å²) < 4.78 is 19.0. The van der Waals surface area contributed by atoms with Gasteiger partial charge in [0.2, 0.25) is 5.91 Å². The van der Waals surface area contributed by atoms with Gasteiger partial charge >= 0.3 is 5.97 Å². The van der Waals surface area contributed by atoms with Gasteiger partial charge in [0.1, 0.15) is 5.82 Å². The molecule has 2 aromatic carbocycles. The third-order valence-electron chi connectivity index (χ3n) is 4.89. The van der Waals surface area contributed by atoms with Crippen LogP contribution in [0.15, 0.2) is 36.4 Å². The van der Waals surface area contributed by atoms with E-state index in [4.69, 9.17) is 4.74 Å². The summed E-state index contributed by atoms with van der Waals surface area (Å²) >= 11 is 0. The van der Waals surface area contributed by atoms with Gasteiger partial charge in [0.05, 0.1) is 11.6 Å². The van der Waals surface area contributed by atoms with Crippen LogP contribution in [0.25, 0.3) is 0 Å². The Bertz CT molecular complexity index is 950. The van der Waals surface area contributed by atoms with Crippen LogP contribution < -0.4 is 10.2 Å². The van der Waals surface area contributed by atoms with E-state index in [1.807, 2.05) is 32.9 Å². The SMILES string of the molecule is Cc1cc(C)c(NC(=O)COC(=O)[C@@H]2CC(=O)N(c3ccccc3F)C2)c(C)c1. The fraction of sp³-hybridized carbons (Fsp3) is 0.318. The zero-order chi connectivity index (χ0) is 21.1. The summed E-state index contributed by atoms with van der Waals surface area (Å²) in [7, 11) is 0. The lowest BCUT2D eigenvalue weighted by molar-refractivity contribution is -0.151. The highest BCUT2D eigenvalue weighted by atomic mass is 19.1. The van der Waals surface area contributed by atoms with Crippen LogP contribution in [-0.2, 0) is 19.1 Å². The number of carbonyl (C=O) groups excluding carboxylic acids is 3. The van der Waals surface area contributed by atoms with Crippen molar-refractivity contribution in [1.29, 1.82) is 0 Å². The first kappa shape index (κ1) is 20.5. The van der Waals surface area contributed by atoms with Gasteiger partial charge in [-0.3, -0.25) is 14.4 Å². The maximum absolute atomic E-state index is 13.9. The highest BCUT2D eigenvalue weighted by molar-refractivity contribution is 6.00. The first-order chi connectivity index (χ1) is 13.8. The number of rotatable bonds is 5. The maximum atomic E-state index is 13.9. The number of nitrogens with zero attached hydrogens (tertiary/aromatic N) is 1. The first-order valence-corrected chi connectivity index (χ1v) is 9.35. The molecule has 0 radical (unpaired) electrons. The highest BCUT2D eigenvalue weighted by Gasteiger charge is 2.37. The molecule has 1 saturated heterocycles. The van der Waals surface area contributed by atoms with Crippen molar-refractivity contribution >= 4 is 29.2 Å². The number of aryl methyl sites for hydroxylation is 3. The van der Waals surface area contributed by atoms with E-state index in [-0.39, 0.29) is 24.6 Å². The standard InChI is InChI=1S/C22H23FN2O4/c1-13-8-14(2)21(15(3)9-13)24-19(26)12-29-22(28)16-10-20(27)25(11-16)18-7-5-4-6-17(18)23/h4-9,16H,10-12H2,1-3H3,(H,24,26)/t16-/m1/s1. The molecule has 2 amide bonds. The van der Waals surface area contributed by atoms with Crippen molar-refractivity contribution in [2.24, 2.45) is 5.92 Å². The van der Waals surface area contributed by atoms with Crippen LogP contribution in [0.1, 0.15) is 23.1 Å². The van der Waals surface area contributed by atoms with Gasteiger partial charge in [0.15, 0.2) is 6.61 Å². The van der Waals surface area contributed by atoms with Crippen LogP contribution in [0.3, 0.4) is 0 Å². The molecule has 1 N–H and O–H groups in total. The second-order valence-corrected chi connectivity index (χ2v) is 7.29. The summed E-state index contributed by atoms with van der Waals surface area (Å²) in [6, 6.07) is 9.80. The van der Waals surface area contributed by atoms with E-state index >= 15 is 0 Å². The Morgan fingerprint density at radius 3 is 2.48 bits per heavy atom. The van der Waals surface area contributed by atoms with Crippen molar-refractivity contribution in [3.63, 3.8) is 0 Å². The number of para-hydroxylation sites is 1. The summed E-state index contributed by atoms with van der Waals surface area (Å²) in [5.41, 5.74) is 3.76. The average molecular weight is 398 g/mol. The quantitative estimate of drug-likeness (QED) is 0.785. The van der Waals surface area contributed by atoms with Gasteiger partial charge in [-0.05, 0) is 44.0 Å². The third-order valence-corrected chi connectivity index (χ3v) is 4.89. The molecular weight excluding hydrogens is 375 g/mol. The summed E-state index contributed by atoms with van der Waals surface area (Å²) in [6.45, 7) is 5.33. The zero-order valence-electron chi connectivity index (χ0n) is 16.6. The number of amides is 2. The number of esters is 1. The minimum absolute atomic E-state index is 0.0242. The van der Waals surface area contributed by atoms with Crippen LogP contribution >= 0.6 is 0 Å². The van der Waals surface area contributed by atoms with E-state index in [1.54, 1.807) is 6.07 Å². The molecular formula is C22H23FN2O4. The maximum Gasteiger partial charge on any atom is 0.311 e. The molecule has 1 aliphatic heterocycles. The topological polar surface area (TPSA) is 75.7 Å². The first-order valence-electron chi connectivity index (χ1n) is 9.35. The van der Waals surface area contributed by atoms with Gasteiger partial charge < -0.3 is 15.0 Å². The monoisotopic (exact) mass is 398 g/mol. The van der Waals surface area contributed by atoms with Crippen molar-refractivity contribution in [3.8, 4) is 0 Å². The second-order valence-electron chi connectivity index (χ2n) is 7.29. The Balaban J connectivity index is 1.57. The van der Waals surface area contributed by atoms with E-state index in [1.165, 1.54) is 23.1 Å². The molecule has 152 valence electrons. The Morgan fingerprint density at radius 1 is 1.17 bits per heavy atom. The molecule has 1 heterocycles. The fourth-order valence-corrected chi connectivity index (χ4v) is 3.58. The zero-order valence-corrected chi connectivity index (χ0v) is 16.6. The Labute approximate surface area is 168 Å². The summed E-state index contributed by atoms with van der Waals surface area (Å²) in [5.74, 6) is -2.73. The Morgan fingerprint density at radius 2 is 1.83 bits per heavy atom. The lowest BCUT2D eigenvalue weighted by Gasteiger charge is -2.17. The highest BCUT2D eigenvalue weighted by Crippen LogP contribution is 2.28. The van der Waals surface area contributed by atoms with Crippen LogP contribution in [0.2, 0.25) is 0 Å². The van der Waals surface area contributed by atoms with Crippen LogP contribution in [-0.4, -0.2) is 30.9 Å². The number of hydrogen-bond donors (Lipinski definition) is 1. The number of halogens is 1. The smallest absolute Gasteiger partial charge is 0.311 e. The van der Waals surface area contributed by atoms with Gasteiger partial charge in [-0.2, -0.15) is 0 Å². The molecule has 1 fully saturated rings. The van der Waals surface area contributed by atoms with Gasteiger partial charge in [0, 0.05) is 18.7 Å². The van der Waals surface area contributed by atoms with Crippen molar-refractivity contribution in [2.45, 2.75) is 27.2 Å². The predicted molar refractivity (Wildman–Crippen MR) is 107 cm³/mol. The Hall–Kier alpha value is -3.22. The van der Waals surface area contributed by atoms with Gasteiger partial charge in [-0.25, -0.2) is 4.39 Å². The number of carbonyl (C=O) groups is 3. The molecule has 6 nitrogen and oxygen atoms in total. The van der Waals surface area contributed by atoms with Crippen molar-refractivity contribution < 1.29 is 23.5 Å². The molecule has 0 bridgehead atoms. The molecule has 1 aliphatic rings. The summed E-state index contributed by atoms with van der Waals surface area (Å²) in [4.78, 5) is 37.9. The van der Waals surface area contributed by atoms with Crippen LogP contribution in [0.4, 0.5) is 15.8 Å². The van der Waals surface area contributed by atoms with E-state index in [2.05, 4.69) is 5.32 Å². The Kier molecular flexibility index (Phi) is 5.96. The van der Waals surface area contributed by atoms with Crippen LogP contribution in [0.5, 0.6) is 0 Å². The number of hydrogen-bond acceptors (Lipinski definition) is 4. The molecule has 0 unspecified atom stereocenters. The number of benzene rings is 2. The van der Waals surface area contributed by atoms with E-state index in [0.717, 1.165) is 16.7 Å². The number of anilines is 2. The number of nitrogens with one attached hydrogen (secondary N) is 1.